The predicted molar refractivity (Wildman–Crippen MR) is 106 cm³/mol. The fraction of sp³-hybridized carbons (Fsp3) is 0.238. The van der Waals surface area contributed by atoms with Crippen molar-refractivity contribution in [2.75, 3.05) is 11.9 Å². The van der Waals surface area contributed by atoms with Gasteiger partial charge in [-0.25, -0.2) is 4.39 Å². The monoisotopic (exact) mass is 379 g/mol. The highest BCUT2D eigenvalue weighted by atomic mass is 19.1. The second kappa shape index (κ2) is 9.03. The average molecular weight is 379 g/mol. The fourth-order valence-corrected chi connectivity index (χ4v) is 2.64. The van der Waals surface area contributed by atoms with Gasteiger partial charge in [-0.15, -0.1) is 10.2 Å². The molecule has 3 rings (SSSR count). The van der Waals surface area contributed by atoms with Crippen LogP contribution in [0, 0.1) is 5.82 Å². The van der Waals surface area contributed by atoms with E-state index in [9.17, 15) is 9.18 Å². The topological polar surface area (TPSA) is 79.8 Å². The SMILES string of the molecule is CC(=O)NCc1ccc(-c2ccc(NCC(C)c3ccc(F)cc3)nn2)cn1. The number of carbonyl (C=O) groups excluding carboxylic acids is 1. The van der Waals surface area contributed by atoms with Gasteiger partial charge in [-0.1, -0.05) is 19.1 Å². The van der Waals surface area contributed by atoms with Gasteiger partial charge in [0.2, 0.25) is 5.91 Å². The molecular weight excluding hydrogens is 357 g/mol. The van der Waals surface area contributed by atoms with Gasteiger partial charge >= 0.3 is 0 Å². The van der Waals surface area contributed by atoms with Gasteiger partial charge in [0.25, 0.3) is 0 Å². The summed E-state index contributed by atoms with van der Waals surface area (Å²) in [6.45, 7) is 4.60. The number of rotatable bonds is 7. The molecule has 1 atom stereocenters. The Morgan fingerprint density at radius 3 is 2.46 bits per heavy atom. The minimum atomic E-state index is -0.233. The average Bonchev–Trinajstić information content (AvgIpc) is 2.72. The van der Waals surface area contributed by atoms with Crippen LogP contribution in [-0.2, 0) is 11.3 Å². The van der Waals surface area contributed by atoms with Gasteiger partial charge in [-0.05, 0) is 47.9 Å². The molecular formula is C21H22FN5O. The Kier molecular flexibility index (Phi) is 6.26. The maximum atomic E-state index is 13.0. The minimum Gasteiger partial charge on any atom is -0.368 e. The van der Waals surface area contributed by atoms with E-state index in [-0.39, 0.29) is 17.6 Å². The molecule has 3 aromatic rings. The molecule has 1 aromatic carbocycles. The summed E-state index contributed by atoms with van der Waals surface area (Å²) in [6, 6.07) is 14.0. The number of halogens is 1. The van der Waals surface area contributed by atoms with E-state index in [1.807, 2.05) is 24.3 Å². The van der Waals surface area contributed by atoms with Crippen molar-refractivity contribution in [2.24, 2.45) is 0 Å². The van der Waals surface area contributed by atoms with Crippen molar-refractivity contribution in [3.8, 4) is 11.3 Å². The molecule has 0 bridgehead atoms. The molecule has 6 nitrogen and oxygen atoms in total. The Morgan fingerprint density at radius 1 is 1.07 bits per heavy atom. The summed E-state index contributed by atoms with van der Waals surface area (Å²) in [5.74, 6) is 0.562. The number of anilines is 1. The van der Waals surface area contributed by atoms with Gasteiger partial charge in [0, 0.05) is 25.2 Å². The normalized spacial score (nSPS) is 11.7. The van der Waals surface area contributed by atoms with Crippen LogP contribution in [0.25, 0.3) is 11.3 Å². The molecule has 28 heavy (non-hydrogen) atoms. The number of hydrogen-bond donors (Lipinski definition) is 2. The highest BCUT2D eigenvalue weighted by Crippen LogP contribution is 2.18. The van der Waals surface area contributed by atoms with Crippen LogP contribution in [0.3, 0.4) is 0 Å². The number of hydrogen-bond acceptors (Lipinski definition) is 5. The third kappa shape index (κ3) is 5.33. The van der Waals surface area contributed by atoms with Gasteiger partial charge in [0.15, 0.2) is 0 Å². The summed E-state index contributed by atoms with van der Waals surface area (Å²) in [7, 11) is 0. The molecule has 1 amide bonds. The summed E-state index contributed by atoms with van der Waals surface area (Å²) < 4.78 is 13.0. The zero-order valence-electron chi connectivity index (χ0n) is 15.8. The molecule has 0 spiro atoms. The van der Waals surface area contributed by atoms with E-state index < -0.39 is 0 Å². The molecule has 0 fully saturated rings. The van der Waals surface area contributed by atoms with Crippen molar-refractivity contribution in [2.45, 2.75) is 26.3 Å². The number of nitrogens with zero attached hydrogens (tertiary/aromatic N) is 3. The van der Waals surface area contributed by atoms with Crippen LogP contribution < -0.4 is 10.6 Å². The first-order chi connectivity index (χ1) is 13.5. The lowest BCUT2D eigenvalue weighted by molar-refractivity contribution is -0.119. The second-order valence-electron chi connectivity index (χ2n) is 6.59. The number of carbonyl (C=O) groups is 1. The van der Waals surface area contributed by atoms with E-state index in [4.69, 9.17) is 0 Å². The molecule has 2 heterocycles. The van der Waals surface area contributed by atoms with E-state index in [0.717, 1.165) is 22.5 Å². The van der Waals surface area contributed by atoms with Crippen molar-refractivity contribution < 1.29 is 9.18 Å². The van der Waals surface area contributed by atoms with Gasteiger partial charge in [0.1, 0.15) is 11.6 Å². The Hall–Kier alpha value is -3.35. The van der Waals surface area contributed by atoms with Crippen LogP contribution in [0.15, 0.2) is 54.7 Å². The summed E-state index contributed by atoms with van der Waals surface area (Å²) >= 11 is 0. The maximum absolute atomic E-state index is 13.0. The number of amides is 1. The van der Waals surface area contributed by atoms with E-state index in [1.165, 1.54) is 19.1 Å². The third-order valence-electron chi connectivity index (χ3n) is 4.33. The second-order valence-corrected chi connectivity index (χ2v) is 6.59. The molecule has 2 aromatic heterocycles. The zero-order valence-corrected chi connectivity index (χ0v) is 15.8. The highest BCUT2D eigenvalue weighted by Gasteiger charge is 2.07. The maximum Gasteiger partial charge on any atom is 0.217 e. The van der Waals surface area contributed by atoms with Crippen LogP contribution in [-0.4, -0.2) is 27.6 Å². The zero-order chi connectivity index (χ0) is 19.9. The number of pyridine rings is 1. The van der Waals surface area contributed by atoms with Gasteiger partial charge in [-0.2, -0.15) is 0 Å². The molecule has 0 saturated carbocycles. The number of nitrogens with one attached hydrogen (secondary N) is 2. The summed E-state index contributed by atoms with van der Waals surface area (Å²) in [5, 5.41) is 14.4. The quantitative estimate of drug-likeness (QED) is 0.656. The van der Waals surface area contributed by atoms with Crippen LogP contribution in [0.2, 0.25) is 0 Å². The fourth-order valence-electron chi connectivity index (χ4n) is 2.64. The van der Waals surface area contributed by atoms with E-state index in [0.29, 0.717) is 18.9 Å². The van der Waals surface area contributed by atoms with Crippen LogP contribution in [0.5, 0.6) is 0 Å². The minimum absolute atomic E-state index is 0.0893. The number of benzene rings is 1. The molecule has 0 aliphatic rings. The number of aromatic nitrogens is 3. The first kappa shape index (κ1) is 19.4. The summed E-state index contributed by atoms with van der Waals surface area (Å²) in [6.07, 6.45) is 1.71. The van der Waals surface area contributed by atoms with Crippen LogP contribution in [0.4, 0.5) is 10.2 Å². The Balaban J connectivity index is 1.57. The molecule has 0 saturated heterocycles. The van der Waals surface area contributed by atoms with E-state index >= 15 is 0 Å². The van der Waals surface area contributed by atoms with Gasteiger partial charge < -0.3 is 10.6 Å². The van der Waals surface area contributed by atoms with E-state index in [2.05, 4.69) is 32.7 Å². The molecule has 7 heteroatoms. The largest absolute Gasteiger partial charge is 0.368 e. The predicted octanol–water partition coefficient (Wildman–Crippen LogP) is 3.53. The lowest BCUT2D eigenvalue weighted by Crippen LogP contribution is -2.19. The van der Waals surface area contributed by atoms with Gasteiger partial charge in [0.05, 0.1) is 17.9 Å². The van der Waals surface area contributed by atoms with Crippen molar-refractivity contribution in [1.29, 1.82) is 0 Å². The Morgan fingerprint density at radius 2 is 1.86 bits per heavy atom. The van der Waals surface area contributed by atoms with Crippen molar-refractivity contribution in [1.82, 2.24) is 20.5 Å². The van der Waals surface area contributed by atoms with Crippen molar-refractivity contribution in [3.05, 3.63) is 71.8 Å². The van der Waals surface area contributed by atoms with Crippen molar-refractivity contribution >= 4 is 11.7 Å². The molecule has 0 radical (unpaired) electrons. The molecule has 0 aliphatic carbocycles. The van der Waals surface area contributed by atoms with Crippen molar-refractivity contribution in [3.63, 3.8) is 0 Å². The lowest BCUT2D eigenvalue weighted by atomic mass is 10.0. The van der Waals surface area contributed by atoms with Crippen LogP contribution in [0.1, 0.15) is 31.0 Å². The Bertz CT molecular complexity index is 911. The summed E-state index contributed by atoms with van der Waals surface area (Å²) in [4.78, 5) is 15.3. The molecule has 0 aliphatic heterocycles. The van der Waals surface area contributed by atoms with Crippen LogP contribution >= 0.6 is 0 Å². The van der Waals surface area contributed by atoms with E-state index in [1.54, 1.807) is 18.3 Å². The Labute approximate surface area is 163 Å². The summed E-state index contributed by atoms with van der Waals surface area (Å²) in [5.41, 5.74) is 3.41. The molecule has 1 unspecified atom stereocenters. The first-order valence-corrected chi connectivity index (χ1v) is 9.04. The van der Waals surface area contributed by atoms with Gasteiger partial charge in [-0.3, -0.25) is 9.78 Å². The first-order valence-electron chi connectivity index (χ1n) is 9.04. The molecule has 144 valence electrons. The molecule has 2 N–H and O–H groups in total. The third-order valence-corrected chi connectivity index (χ3v) is 4.33. The smallest absolute Gasteiger partial charge is 0.217 e. The lowest BCUT2D eigenvalue weighted by Gasteiger charge is -2.13. The standard InChI is InChI=1S/C21H22FN5O/c1-14(16-3-6-18(22)7-4-16)11-25-21-10-9-20(26-27-21)17-5-8-19(24-12-17)13-23-15(2)28/h3-10,12,14H,11,13H2,1-2H3,(H,23,28)(H,25,27). The highest BCUT2D eigenvalue weighted by molar-refractivity contribution is 5.72.